The lowest BCUT2D eigenvalue weighted by molar-refractivity contribution is -0.140. The summed E-state index contributed by atoms with van der Waals surface area (Å²) in [6.07, 6.45) is 4.36. The number of aliphatic carboxylic acids is 1. The summed E-state index contributed by atoms with van der Waals surface area (Å²) in [4.78, 5) is 11.0. The van der Waals surface area contributed by atoms with Crippen LogP contribution in [-0.4, -0.2) is 23.2 Å². The SMILES string of the molecule is CC(C)CCC(C)NC(C(=O)O)C1CC1. The fourth-order valence-electron chi connectivity index (χ4n) is 1.81. The molecule has 0 saturated heterocycles. The predicted octanol–water partition coefficient (Wildman–Crippen LogP) is 2.26. The molecule has 3 nitrogen and oxygen atoms in total. The fraction of sp³-hybridized carbons (Fsp3) is 0.917. The Balaban J connectivity index is 2.27. The molecule has 1 aliphatic carbocycles. The molecule has 0 aromatic carbocycles. The molecule has 0 aromatic heterocycles. The highest BCUT2D eigenvalue weighted by molar-refractivity contribution is 5.74. The maximum atomic E-state index is 11.0. The monoisotopic (exact) mass is 213 g/mol. The van der Waals surface area contributed by atoms with Gasteiger partial charge in [0.1, 0.15) is 6.04 Å². The third-order valence-electron chi connectivity index (χ3n) is 3.00. The summed E-state index contributed by atoms with van der Waals surface area (Å²) in [6, 6.07) is 0.00117. The Kier molecular flexibility index (Phi) is 4.58. The van der Waals surface area contributed by atoms with Crippen molar-refractivity contribution in [2.45, 2.75) is 58.5 Å². The van der Waals surface area contributed by atoms with Crippen LogP contribution < -0.4 is 5.32 Å². The maximum absolute atomic E-state index is 11.0. The van der Waals surface area contributed by atoms with E-state index in [-0.39, 0.29) is 6.04 Å². The Bertz CT molecular complexity index is 212. The van der Waals surface area contributed by atoms with Crippen LogP contribution in [0.3, 0.4) is 0 Å². The Hall–Kier alpha value is -0.570. The molecule has 3 heteroatoms. The molecule has 2 N–H and O–H groups in total. The molecule has 1 aliphatic rings. The molecule has 2 atom stereocenters. The van der Waals surface area contributed by atoms with Gasteiger partial charge in [-0.15, -0.1) is 0 Å². The van der Waals surface area contributed by atoms with E-state index in [4.69, 9.17) is 5.11 Å². The summed E-state index contributed by atoms with van der Waals surface area (Å²) in [5.74, 6) is 0.386. The van der Waals surface area contributed by atoms with E-state index in [0.717, 1.165) is 25.7 Å². The number of hydrogen-bond donors (Lipinski definition) is 2. The van der Waals surface area contributed by atoms with Gasteiger partial charge in [-0.1, -0.05) is 13.8 Å². The number of rotatable bonds is 7. The van der Waals surface area contributed by atoms with Crippen LogP contribution in [0.1, 0.15) is 46.5 Å². The summed E-state index contributed by atoms with van der Waals surface area (Å²) in [6.45, 7) is 6.48. The van der Waals surface area contributed by atoms with Gasteiger partial charge in [0.15, 0.2) is 0 Å². The minimum Gasteiger partial charge on any atom is -0.480 e. The van der Waals surface area contributed by atoms with Crippen LogP contribution in [0, 0.1) is 11.8 Å². The number of carboxylic acid groups (broad SMARTS) is 1. The van der Waals surface area contributed by atoms with E-state index in [1.54, 1.807) is 0 Å². The fourth-order valence-corrected chi connectivity index (χ4v) is 1.81. The average molecular weight is 213 g/mol. The molecule has 1 fully saturated rings. The molecule has 0 bridgehead atoms. The van der Waals surface area contributed by atoms with E-state index >= 15 is 0 Å². The highest BCUT2D eigenvalue weighted by atomic mass is 16.4. The van der Waals surface area contributed by atoms with Crippen molar-refractivity contribution in [1.82, 2.24) is 5.32 Å². The van der Waals surface area contributed by atoms with Crippen molar-refractivity contribution in [2.24, 2.45) is 11.8 Å². The lowest BCUT2D eigenvalue weighted by Gasteiger charge is -2.20. The number of nitrogens with one attached hydrogen (secondary N) is 1. The second-order valence-corrected chi connectivity index (χ2v) is 5.19. The molecule has 0 amide bonds. The summed E-state index contributed by atoms with van der Waals surface area (Å²) in [5, 5.41) is 12.3. The minimum absolute atomic E-state index is 0.313. The third kappa shape index (κ3) is 4.65. The Morgan fingerprint density at radius 1 is 1.33 bits per heavy atom. The molecule has 2 unspecified atom stereocenters. The molecule has 0 spiro atoms. The van der Waals surface area contributed by atoms with Crippen molar-refractivity contribution in [3.63, 3.8) is 0 Å². The minimum atomic E-state index is -0.686. The van der Waals surface area contributed by atoms with E-state index in [1.807, 2.05) is 0 Å². The lowest BCUT2D eigenvalue weighted by atomic mass is 10.0. The van der Waals surface area contributed by atoms with E-state index < -0.39 is 5.97 Å². The van der Waals surface area contributed by atoms with Gasteiger partial charge in [0, 0.05) is 6.04 Å². The van der Waals surface area contributed by atoms with Crippen molar-refractivity contribution in [2.75, 3.05) is 0 Å². The maximum Gasteiger partial charge on any atom is 0.320 e. The van der Waals surface area contributed by atoms with Crippen molar-refractivity contribution in [1.29, 1.82) is 0 Å². The van der Waals surface area contributed by atoms with Crippen LogP contribution in [0.4, 0.5) is 0 Å². The molecular formula is C12H23NO2. The quantitative estimate of drug-likeness (QED) is 0.682. The summed E-state index contributed by atoms with van der Waals surface area (Å²) in [5.41, 5.74) is 0. The largest absolute Gasteiger partial charge is 0.480 e. The van der Waals surface area contributed by atoms with Gasteiger partial charge in [-0.25, -0.2) is 0 Å². The summed E-state index contributed by atoms with van der Waals surface area (Å²) < 4.78 is 0. The van der Waals surface area contributed by atoms with Crippen molar-refractivity contribution in [3.8, 4) is 0 Å². The first-order valence-corrected chi connectivity index (χ1v) is 5.99. The van der Waals surface area contributed by atoms with Crippen LogP contribution >= 0.6 is 0 Å². The van der Waals surface area contributed by atoms with Crippen molar-refractivity contribution in [3.05, 3.63) is 0 Å². The molecule has 0 aliphatic heterocycles. The first kappa shape index (κ1) is 12.5. The van der Waals surface area contributed by atoms with Crippen LogP contribution in [0.25, 0.3) is 0 Å². The molecule has 0 radical (unpaired) electrons. The zero-order chi connectivity index (χ0) is 11.4. The highest BCUT2D eigenvalue weighted by Gasteiger charge is 2.36. The van der Waals surface area contributed by atoms with Crippen LogP contribution in [0.15, 0.2) is 0 Å². The molecule has 1 rings (SSSR count). The van der Waals surface area contributed by atoms with Gasteiger partial charge >= 0.3 is 5.97 Å². The molecule has 0 aromatic rings. The molecule has 88 valence electrons. The topological polar surface area (TPSA) is 49.3 Å². The lowest BCUT2D eigenvalue weighted by Crippen LogP contribution is -2.43. The van der Waals surface area contributed by atoms with Crippen molar-refractivity contribution < 1.29 is 9.90 Å². The van der Waals surface area contributed by atoms with E-state index in [9.17, 15) is 4.79 Å². The summed E-state index contributed by atoms with van der Waals surface area (Å²) >= 11 is 0. The molecule has 0 heterocycles. The first-order valence-electron chi connectivity index (χ1n) is 5.99. The van der Waals surface area contributed by atoms with Crippen LogP contribution in [0.2, 0.25) is 0 Å². The van der Waals surface area contributed by atoms with E-state index in [2.05, 4.69) is 26.1 Å². The van der Waals surface area contributed by atoms with Gasteiger partial charge in [0.2, 0.25) is 0 Å². The van der Waals surface area contributed by atoms with Gasteiger partial charge in [-0.05, 0) is 44.4 Å². The second kappa shape index (κ2) is 5.50. The van der Waals surface area contributed by atoms with Crippen LogP contribution in [0.5, 0.6) is 0 Å². The van der Waals surface area contributed by atoms with Crippen LogP contribution in [-0.2, 0) is 4.79 Å². The number of carboxylic acids is 1. The highest BCUT2D eigenvalue weighted by Crippen LogP contribution is 2.33. The molecule has 1 saturated carbocycles. The van der Waals surface area contributed by atoms with E-state index in [1.165, 1.54) is 0 Å². The molecule has 15 heavy (non-hydrogen) atoms. The zero-order valence-corrected chi connectivity index (χ0v) is 9.99. The predicted molar refractivity (Wildman–Crippen MR) is 60.8 cm³/mol. The second-order valence-electron chi connectivity index (χ2n) is 5.19. The Labute approximate surface area is 92.3 Å². The average Bonchev–Trinajstić information content (AvgIpc) is 2.93. The van der Waals surface area contributed by atoms with Gasteiger partial charge in [0.25, 0.3) is 0 Å². The number of carbonyl (C=O) groups is 1. The van der Waals surface area contributed by atoms with Gasteiger partial charge in [0.05, 0.1) is 0 Å². The molecular weight excluding hydrogens is 190 g/mol. The van der Waals surface area contributed by atoms with Gasteiger partial charge in [-0.3, -0.25) is 4.79 Å². The summed E-state index contributed by atoms with van der Waals surface area (Å²) in [7, 11) is 0. The van der Waals surface area contributed by atoms with Crippen molar-refractivity contribution >= 4 is 5.97 Å². The number of hydrogen-bond acceptors (Lipinski definition) is 2. The van der Waals surface area contributed by atoms with E-state index in [0.29, 0.717) is 17.9 Å². The Morgan fingerprint density at radius 2 is 1.93 bits per heavy atom. The first-order chi connectivity index (χ1) is 7.00. The Morgan fingerprint density at radius 3 is 2.33 bits per heavy atom. The van der Waals surface area contributed by atoms with Gasteiger partial charge in [-0.2, -0.15) is 0 Å². The normalized spacial score (nSPS) is 20.3. The third-order valence-corrected chi connectivity index (χ3v) is 3.00. The zero-order valence-electron chi connectivity index (χ0n) is 9.99. The standard InChI is InChI=1S/C12H23NO2/c1-8(2)4-5-9(3)13-11(12(14)15)10-6-7-10/h8-11,13H,4-7H2,1-3H3,(H,14,15). The smallest absolute Gasteiger partial charge is 0.320 e. The van der Waals surface area contributed by atoms with Gasteiger partial charge < -0.3 is 10.4 Å².